The Kier molecular flexibility index (Phi) is 57.6. The fraction of sp³-hybridized carbons (Fsp3) is 0. The largest absolute Gasteiger partial charge is 1.00 e. The summed E-state index contributed by atoms with van der Waals surface area (Å²) in [5.41, 5.74) is 8.94. The fourth-order valence-corrected chi connectivity index (χ4v) is 0. The molecule has 0 aromatic rings. The third kappa shape index (κ3) is 447. The van der Waals surface area contributed by atoms with Gasteiger partial charge in [0.1, 0.15) is 0 Å². The number of guanidine groups is 1. The molecule has 0 radical (unpaired) electrons. The van der Waals surface area contributed by atoms with Crippen molar-refractivity contribution in [3.63, 3.8) is 0 Å². The van der Waals surface area contributed by atoms with Gasteiger partial charge in [-0.2, -0.15) is 0 Å². The van der Waals surface area contributed by atoms with E-state index in [9.17, 15) is 0 Å². The van der Waals surface area contributed by atoms with Crippen LogP contribution in [0.1, 0.15) is 0 Å². The second-order valence-corrected chi connectivity index (χ2v) is 0.547. The number of isocyanates is 1. The van der Waals surface area contributed by atoms with Crippen molar-refractivity contribution in [1.29, 1.82) is 5.41 Å². The molecular weight excluding hydrogens is 264 g/mol. The number of halogens is 1. The van der Waals surface area contributed by atoms with Crippen molar-refractivity contribution in [2.45, 2.75) is 0 Å². The van der Waals surface area contributed by atoms with E-state index in [1.165, 1.54) is 0 Å². The summed E-state index contributed by atoms with van der Waals surface area (Å²) >= 11 is 0. The number of hydrogen-bond donors (Lipinski definition) is 3. The third-order valence-corrected chi connectivity index (χ3v) is 0. The molecule has 0 aliphatic rings. The number of carbonyl (C=O) groups excluding carboxylic acids is 1. The molecule has 48 valence electrons. The summed E-state index contributed by atoms with van der Waals surface area (Å²) in [7, 11) is 0. The number of hydrogen-bond acceptors (Lipinski definition) is 2. The van der Waals surface area contributed by atoms with Gasteiger partial charge in [-0.1, -0.05) is 0 Å². The van der Waals surface area contributed by atoms with E-state index in [1.54, 1.807) is 0 Å². The van der Waals surface area contributed by atoms with Gasteiger partial charge in [0.25, 0.3) is 0 Å². The Morgan fingerprint density at radius 1 is 1.56 bits per heavy atom. The van der Waals surface area contributed by atoms with Crippen molar-refractivity contribution in [2.24, 2.45) is 11.5 Å². The monoisotopic (exact) mass is 270 g/mol. The van der Waals surface area contributed by atoms with Crippen molar-refractivity contribution in [3.8, 4) is 0 Å². The maximum atomic E-state index is 8.24. The molecule has 0 saturated carbocycles. The van der Waals surface area contributed by atoms with Gasteiger partial charge in [-0.25, -0.2) is 0 Å². The maximum absolute atomic E-state index is 8.24. The summed E-state index contributed by atoms with van der Waals surface area (Å²) in [5, 5.41) is 12.8. The molecule has 0 aliphatic carbocycles. The van der Waals surface area contributed by atoms with Gasteiger partial charge in [-0.3, -0.25) is 10.2 Å². The summed E-state index contributed by atoms with van der Waals surface area (Å²) in [4.78, 5) is 8.24. The second kappa shape index (κ2) is 23.0. The third-order valence-electron chi connectivity index (χ3n) is 0. The quantitative estimate of drug-likeness (QED) is 0.238. The van der Waals surface area contributed by atoms with Gasteiger partial charge in [0.05, 0.1) is 0 Å². The Morgan fingerprint density at radius 3 is 1.56 bits per heavy atom. The first kappa shape index (κ1) is 22.5. The molecule has 5 N–H and O–H groups in total. The van der Waals surface area contributed by atoms with Crippen LogP contribution in [0.3, 0.4) is 0 Å². The van der Waals surface area contributed by atoms with E-state index < -0.39 is 0 Å². The molecular formula is C2H6ClCsN4O. The van der Waals surface area contributed by atoms with Crippen molar-refractivity contribution in [1.82, 2.24) is 0 Å². The van der Waals surface area contributed by atoms with Crippen LogP contribution in [0.5, 0.6) is 0 Å². The first-order chi connectivity index (χ1) is 3.15. The Morgan fingerprint density at radius 2 is 1.56 bits per heavy atom. The van der Waals surface area contributed by atoms with Crippen molar-refractivity contribution < 1.29 is 73.7 Å². The van der Waals surface area contributed by atoms with Crippen LogP contribution >= 0.6 is 12.4 Å². The summed E-state index contributed by atoms with van der Waals surface area (Å²) < 4.78 is 0. The topological polar surface area (TPSA) is 115 Å². The molecule has 0 fully saturated rings. The molecule has 0 bridgehead atoms. The van der Waals surface area contributed by atoms with Gasteiger partial charge in [-0.15, -0.1) is 12.4 Å². The number of nitrogens with zero attached hydrogens (tertiary/aromatic N) is 1. The fourth-order valence-electron chi connectivity index (χ4n) is 0. The van der Waals surface area contributed by atoms with Gasteiger partial charge >= 0.3 is 68.9 Å². The number of rotatable bonds is 0. The molecule has 0 rings (SSSR count). The van der Waals surface area contributed by atoms with E-state index in [-0.39, 0.29) is 87.3 Å². The van der Waals surface area contributed by atoms with E-state index in [0.717, 1.165) is 0 Å². The van der Waals surface area contributed by atoms with E-state index in [1.807, 2.05) is 0 Å². The molecule has 0 saturated heterocycles. The summed E-state index contributed by atoms with van der Waals surface area (Å²) in [6.07, 6.45) is 0.500. The van der Waals surface area contributed by atoms with E-state index in [4.69, 9.17) is 15.6 Å². The van der Waals surface area contributed by atoms with Gasteiger partial charge in [0, 0.05) is 0 Å². The number of nitrogens with two attached hydrogens (primary N) is 2. The van der Waals surface area contributed by atoms with Crippen molar-refractivity contribution >= 4 is 24.4 Å². The Labute approximate surface area is 118 Å². The normalized spacial score (nSPS) is 3.56. The molecule has 9 heavy (non-hydrogen) atoms. The van der Waals surface area contributed by atoms with Crippen molar-refractivity contribution in [3.05, 3.63) is 5.41 Å². The first-order valence-electron chi connectivity index (χ1n) is 1.26. The molecule has 0 amide bonds. The van der Waals surface area contributed by atoms with Crippen LogP contribution in [0, 0.1) is 5.41 Å². The molecule has 5 nitrogen and oxygen atoms in total. The zero-order valence-corrected chi connectivity index (χ0v) is 12.0. The van der Waals surface area contributed by atoms with Gasteiger partial charge < -0.3 is 16.9 Å². The van der Waals surface area contributed by atoms with Gasteiger partial charge in [-0.05, 0) is 6.08 Å². The molecule has 0 atom stereocenters. The average molecular weight is 270 g/mol. The van der Waals surface area contributed by atoms with Crippen LogP contribution in [-0.2, 0) is 4.79 Å². The van der Waals surface area contributed by atoms with Crippen LogP contribution in [0.4, 0.5) is 0 Å². The van der Waals surface area contributed by atoms with Crippen LogP contribution < -0.4 is 80.4 Å². The predicted octanol–water partition coefficient (Wildman–Crippen LogP) is -3.84. The minimum absolute atomic E-state index is 0. The minimum atomic E-state index is -0.333. The Balaban J connectivity index is -0.0000000233. The zero-order valence-electron chi connectivity index (χ0n) is 4.92. The Bertz CT molecular complexity index is 86.6. The summed E-state index contributed by atoms with van der Waals surface area (Å²) in [6, 6.07) is 0. The molecule has 0 unspecified atom stereocenters. The smallest absolute Gasteiger partial charge is 0.724 e. The van der Waals surface area contributed by atoms with Crippen LogP contribution in [0.2, 0.25) is 0 Å². The van der Waals surface area contributed by atoms with Gasteiger partial charge in [0.2, 0.25) is 0 Å². The summed E-state index contributed by atoms with van der Waals surface area (Å²) in [5.74, 6) is -0.333. The first-order valence-corrected chi connectivity index (χ1v) is 1.26. The maximum Gasteiger partial charge on any atom is 1.00 e. The summed E-state index contributed by atoms with van der Waals surface area (Å²) in [6.45, 7) is 0. The predicted molar refractivity (Wildman–Crippen MR) is 32.4 cm³/mol. The number of nitrogens with one attached hydrogen (secondary N) is 1. The van der Waals surface area contributed by atoms with E-state index in [2.05, 4.69) is 11.5 Å². The van der Waals surface area contributed by atoms with Crippen molar-refractivity contribution in [2.75, 3.05) is 0 Å². The van der Waals surface area contributed by atoms with Crippen LogP contribution in [0.25, 0.3) is 5.41 Å². The SMILES string of the molecule is Cl.N=C(N)N.[Cs+].[N-]=C=O. The molecule has 7 heteroatoms. The van der Waals surface area contributed by atoms with Gasteiger partial charge in [0.15, 0.2) is 5.96 Å². The zero-order chi connectivity index (χ0) is 6.28. The second-order valence-electron chi connectivity index (χ2n) is 0.547. The van der Waals surface area contributed by atoms with Crippen LogP contribution in [-0.4, -0.2) is 12.0 Å². The molecule has 0 aromatic carbocycles. The Hall–Kier alpha value is 0.992. The molecule has 0 aliphatic heterocycles. The molecule has 0 spiro atoms. The average Bonchev–Trinajstić information content (AvgIpc) is 1.33. The van der Waals surface area contributed by atoms with E-state index in [0.29, 0.717) is 6.08 Å². The van der Waals surface area contributed by atoms with E-state index >= 15 is 0 Å². The standard InChI is InChI=1S/CH5N3.CNO.ClH.Cs/c2-1(3)4;2-1-3;;/h(H5,2,3,4);;1H;/q;-1;;+1. The van der Waals surface area contributed by atoms with Crippen LogP contribution in [0.15, 0.2) is 0 Å². The minimum Gasteiger partial charge on any atom is -0.724 e. The molecule has 0 aromatic heterocycles. The molecule has 0 heterocycles.